The van der Waals surface area contributed by atoms with E-state index >= 15 is 0 Å². The highest BCUT2D eigenvalue weighted by Crippen LogP contribution is 2.22. The molecule has 5 nitrogen and oxygen atoms in total. The maximum Gasteiger partial charge on any atom is 0.241 e. The molecular formula is C13H15FN2O3S. The number of rotatable bonds is 4. The van der Waals surface area contributed by atoms with Crippen LogP contribution in [0.4, 0.5) is 10.1 Å². The van der Waals surface area contributed by atoms with Crippen LogP contribution in [0.3, 0.4) is 0 Å². The summed E-state index contributed by atoms with van der Waals surface area (Å²) in [7, 11) is -3.85. The van der Waals surface area contributed by atoms with Crippen LogP contribution < -0.4 is 10.5 Å². The van der Waals surface area contributed by atoms with Crippen molar-refractivity contribution in [2.45, 2.75) is 25.3 Å². The highest BCUT2D eigenvalue weighted by atomic mass is 32.2. The molecule has 0 bridgehead atoms. The van der Waals surface area contributed by atoms with Gasteiger partial charge in [0.2, 0.25) is 10.0 Å². The summed E-state index contributed by atoms with van der Waals surface area (Å²) in [6, 6.07) is 5.72. The minimum absolute atomic E-state index is 0.00791. The first kappa shape index (κ1) is 14.5. The Labute approximate surface area is 116 Å². The Hall–Kier alpha value is -1.86. The Bertz CT molecular complexity index is 738. The van der Waals surface area contributed by atoms with E-state index < -0.39 is 15.8 Å². The van der Waals surface area contributed by atoms with Crippen molar-refractivity contribution in [3.05, 3.63) is 47.2 Å². The topological polar surface area (TPSA) is 85.3 Å². The fourth-order valence-electron chi connectivity index (χ4n) is 1.78. The van der Waals surface area contributed by atoms with Crippen LogP contribution in [-0.2, 0) is 16.6 Å². The van der Waals surface area contributed by atoms with E-state index in [1.165, 1.54) is 13.0 Å². The molecule has 0 unspecified atom stereocenters. The molecule has 1 aromatic carbocycles. The summed E-state index contributed by atoms with van der Waals surface area (Å²) in [5.41, 5.74) is 5.57. The van der Waals surface area contributed by atoms with Gasteiger partial charge in [-0.05, 0) is 38.1 Å². The van der Waals surface area contributed by atoms with Gasteiger partial charge < -0.3 is 10.2 Å². The SMILES string of the molecule is Cc1ccc(CNS(=O)(=O)c2cc(N)cc(F)c2C)o1. The molecule has 0 amide bonds. The van der Waals surface area contributed by atoms with E-state index in [1.54, 1.807) is 19.1 Å². The van der Waals surface area contributed by atoms with Crippen molar-refractivity contribution in [3.8, 4) is 0 Å². The van der Waals surface area contributed by atoms with Gasteiger partial charge in [0.15, 0.2) is 0 Å². The van der Waals surface area contributed by atoms with Gasteiger partial charge >= 0.3 is 0 Å². The van der Waals surface area contributed by atoms with Gasteiger partial charge in [-0.3, -0.25) is 0 Å². The van der Waals surface area contributed by atoms with Crippen LogP contribution in [0.5, 0.6) is 0 Å². The van der Waals surface area contributed by atoms with Gasteiger partial charge in [-0.2, -0.15) is 0 Å². The van der Waals surface area contributed by atoms with Crippen LogP contribution in [0, 0.1) is 19.7 Å². The molecule has 0 aliphatic heterocycles. The Morgan fingerprint density at radius 2 is 2.00 bits per heavy atom. The van der Waals surface area contributed by atoms with Crippen molar-refractivity contribution in [3.63, 3.8) is 0 Å². The highest BCUT2D eigenvalue weighted by molar-refractivity contribution is 7.89. The molecule has 1 aromatic heterocycles. The van der Waals surface area contributed by atoms with Crippen LogP contribution in [-0.4, -0.2) is 8.42 Å². The van der Waals surface area contributed by atoms with Crippen LogP contribution in [0.2, 0.25) is 0 Å². The van der Waals surface area contributed by atoms with Gasteiger partial charge in [0, 0.05) is 11.3 Å². The van der Waals surface area contributed by atoms with Crippen LogP contribution >= 0.6 is 0 Å². The summed E-state index contributed by atoms with van der Waals surface area (Å²) in [6.45, 7) is 3.14. The van der Waals surface area contributed by atoms with Crippen LogP contribution in [0.25, 0.3) is 0 Å². The third-order valence-corrected chi connectivity index (χ3v) is 4.37. The van der Waals surface area contributed by atoms with Crippen molar-refractivity contribution >= 4 is 15.7 Å². The average molecular weight is 298 g/mol. The lowest BCUT2D eigenvalue weighted by atomic mass is 10.2. The lowest BCUT2D eigenvalue weighted by molar-refractivity contribution is 0.475. The summed E-state index contributed by atoms with van der Waals surface area (Å²) in [4.78, 5) is -0.168. The minimum atomic E-state index is -3.85. The maximum absolute atomic E-state index is 13.5. The standard InChI is InChI=1S/C13H15FN2O3S/c1-8-3-4-11(19-8)7-16-20(17,18)13-6-10(15)5-12(14)9(13)2/h3-6,16H,7,15H2,1-2H3. The largest absolute Gasteiger partial charge is 0.465 e. The average Bonchev–Trinajstić information content (AvgIpc) is 2.77. The molecule has 0 aliphatic carbocycles. The number of nitrogens with two attached hydrogens (primary N) is 1. The van der Waals surface area contributed by atoms with E-state index in [2.05, 4.69) is 4.72 Å². The van der Waals surface area contributed by atoms with E-state index in [9.17, 15) is 12.8 Å². The number of aryl methyl sites for hydroxylation is 1. The molecule has 0 radical (unpaired) electrons. The third kappa shape index (κ3) is 3.00. The number of furan rings is 1. The molecule has 3 N–H and O–H groups in total. The Balaban J connectivity index is 2.27. The van der Waals surface area contributed by atoms with Gasteiger partial charge in [-0.15, -0.1) is 0 Å². The van der Waals surface area contributed by atoms with E-state index in [0.29, 0.717) is 11.5 Å². The highest BCUT2D eigenvalue weighted by Gasteiger charge is 2.20. The minimum Gasteiger partial charge on any atom is -0.465 e. The quantitative estimate of drug-likeness (QED) is 0.846. The van der Waals surface area contributed by atoms with Crippen LogP contribution in [0.1, 0.15) is 17.1 Å². The molecule has 7 heteroatoms. The molecule has 0 saturated heterocycles. The molecule has 2 aromatic rings. The third-order valence-electron chi connectivity index (χ3n) is 2.84. The van der Waals surface area contributed by atoms with Crippen molar-refractivity contribution in [2.75, 3.05) is 5.73 Å². The number of halogens is 1. The second kappa shape index (κ2) is 5.26. The van der Waals surface area contributed by atoms with Gasteiger partial charge in [-0.1, -0.05) is 0 Å². The Morgan fingerprint density at radius 1 is 1.30 bits per heavy atom. The zero-order valence-electron chi connectivity index (χ0n) is 11.1. The van der Waals surface area contributed by atoms with E-state index in [-0.39, 0.29) is 22.7 Å². The fraction of sp³-hybridized carbons (Fsp3) is 0.231. The molecule has 0 atom stereocenters. The number of anilines is 1. The van der Waals surface area contributed by atoms with Gasteiger partial charge in [0.25, 0.3) is 0 Å². The fourth-order valence-corrected chi connectivity index (χ4v) is 3.06. The molecule has 0 spiro atoms. The van der Waals surface area contributed by atoms with E-state index in [0.717, 1.165) is 6.07 Å². The smallest absolute Gasteiger partial charge is 0.241 e. The lowest BCUT2D eigenvalue weighted by Crippen LogP contribution is -2.24. The van der Waals surface area contributed by atoms with Gasteiger partial charge in [-0.25, -0.2) is 17.5 Å². The normalized spacial score (nSPS) is 11.8. The first-order valence-electron chi connectivity index (χ1n) is 5.90. The summed E-state index contributed by atoms with van der Waals surface area (Å²) in [6.07, 6.45) is 0. The van der Waals surface area contributed by atoms with Crippen molar-refractivity contribution in [1.29, 1.82) is 0 Å². The predicted octanol–water partition coefficient (Wildman–Crippen LogP) is 2.10. The number of hydrogen-bond acceptors (Lipinski definition) is 4. The molecular weight excluding hydrogens is 283 g/mol. The van der Waals surface area contributed by atoms with Gasteiger partial charge in [0.05, 0.1) is 11.4 Å². The number of sulfonamides is 1. The summed E-state index contributed by atoms with van der Waals surface area (Å²) in [5, 5.41) is 0. The second-order valence-corrected chi connectivity index (χ2v) is 6.20. The van der Waals surface area contributed by atoms with E-state index in [1.807, 2.05) is 0 Å². The predicted molar refractivity (Wildman–Crippen MR) is 73.0 cm³/mol. The molecule has 0 saturated carbocycles. The summed E-state index contributed by atoms with van der Waals surface area (Å²) >= 11 is 0. The maximum atomic E-state index is 13.5. The first-order valence-corrected chi connectivity index (χ1v) is 7.38. The van der Waals surface area contributed by atoms with Crippen molar-refractivity contribution < 1.29 is 17.2 Å². The summed E-state index contributed by atoms with van der Waals surface area (Å²) < 4.78 is 45.5. The molecule has 20 heavy (non-hydrogen) atoms. The van der Waals surface area contributed by atoms with Crippen molar-refractivity contribution in [2.24, 2.45) is 0 Å². The van der Waals surface area contributed by atoms with Crippen LogP contribution in [0.15, 0.2) is 33.6 Å². The molecule has 0 fully saturated rings. The monoisotopic (exact) mass is 298 g/mol. The summed E-state index contributed by atoms with van der Waals surface area (Å²) in [5.74, 6) is 0.512. The molecule has 2 rings (SSSR count). The number of benzene rings is 1. The first-order chi connectivity index (χ1) is 9.29. The molecule has 108 valence electrons. The molecule has 1 heterocycles. The van der Waals surface area contributed by atoms with E-state index in [4.69, 9.17) is 10.2 Å². The van der Waals surface area contributed by atoms with Gasteiger partial charge in [0.1, 0.15) is 17.3 Å². The lowest BCUT2D eigenvalue weighted by Gasteiger charge is -2.10. The second-order valence-electron chi connectivity index (χ2n) is 4.46. The Morgan fingerprint density at radius 3 is 2.60 bits per heavy atom. The zero-order valence-corrected chi connectivity index (χ0v) is 11.9. The number of hydrogen-bond donors (Lipinski definition) is 2. The van der Waals surface area contributed by atoms with Crippen molar-refractivity contribution in [1.82, 2.24) is 4.72 Å². The molecule has 0 aliphatic rings. The zero-order chi connectivity index (χ0) is 14.9. The number of nitrogens with one attached hydrogen (secondary N) is 1. The Kier molecular flexibility index (Phi) is 3.82. The number of nitrogen functional groups attached to an aromatic ring is 1.